The highest BCUT2D eigenvalue weighted by molar-refractivity contribution is 7.47. The number of aliphatic hydroxyl groups is 1. The number of imidazole rings is 1. The fraction of sp³-hybridized carbons (Fsp3) is 0.541. The minimum absolute atomic E-state index is 0.0152. The van der Waals surface area contributed by atoms with Crippen LogP contribution in [0.4, 0.5) is 22.1 Å². The Kier molecular flexibility index (Phi) is 16.6. The van der Waals surface area contributed by atoms with Crippen molar-refractivity contribution in [3.05, 3.63) is 75.7 Å². The normalized spacial score (nSPS) is 25.6. The van der Waals surface area contributed by atoms with Crippen LogP contribution in [0.15, 0.2) is 59.1 Å². The highest BCUT2D eigenvalue weighted by atomic mass is 31.2. The number of aliphatic hydroxyl groups excluding tert-OH is 1. The van der Waals surface area contributed by atoms with Gasteiger partial charge in [-0.1, -0.05) is 42.7 Å². The van der Waals surface area contributed by atoms with E-state index in [1.54, 1.807) is 12.1 Å². The van der Waals surface area contributed by atoms with Gasteiger partial charge in [-0.2, -0.15) is 4.98 Å². The van der Waals surface area contributed by atoms with E-state index < -0.39 is 109 Å². The SMILES string of the molecule is CCCCN(CC(=O)O[C@H]1[C@@H](O)[C@H](n2cnc3c(N)ncnc32)O[C@@H]1COP(=O)(O)O[C@H]1[C@@H](OC2CCCO2)[C@H](n2ccc(N)nc2=O)O[C@@H]1COP(=O)(O)O)C(=O)OCc1ccc(N=[N+]=[N-])cc1. The van der Waals surface area contributed by atoms with E-state index in [9.17, 15) is 43.3 Å². The van der Waals surface area contributed by atoms with Crippen molar-refractivity contribution >= 4 is 56.2 Å². The summed E-state index contributed by atoms with van der Waals surface area (Å²) in [5.41, 5.74) is 20.5. The second-order valence-electron chi connectivity index (χ2n) is 15.6. The molecule has 0 spiro atoms. The molecule has 1 aromatic carbocycles. The first-order valence-electron chi connectivity index (χ1n) is 21.1. The summed E-state index contributed by atoms with van der Waals surface area (Å²) in [6, 6.07) is 7.46. The van der Waals surface area contributed by atoms with Gasteiger partial charge < -0.3 is 59.7 Å². The van der Waals surface area contributed by atoms with E-state index in [-0.39, 0.29) is 42.6 Å². The summed E-state index contributed by atoms with van der Waals surface area (Å²) in [5.74, 6) is -1.23. The average Bonchev–Trinajstić information content (AvgIpc) is 4.11. The number of nitrogens with two attached hydrogens (primary N) is 2. The lowest BCUT2D eigenvalue weighted by Crippen LogP contribution is -2.43. The molecule has 32 heteroatoms. The number of nitrogens with zero attached hydrogens (tertiary/aromatic N) is 10. The molecule has 30 nitrogen and oxygen atoms in total. The number of amides is 1. The molecule has 2 unspecified atom stereocenters. The number of anilines is 2. The summed E-state index contributed by atoms with van der Waals surface area (Å²) in [6.45, 7) is -0.624. The van der Waals surface area contributed by atoms with Gasteiger partial charge in [0.25, 0.3) is 0 Å². The molecule has 4 aromatic rings. The molecule has 3 aliphatic heterocycles. The first-order chi connectivity index (χ1) is 32.9. The second kappa shape index (κ2) is 22.4. The van der Waals surface area contributed by atoms with Gasteiger partial charge in [0.1, 0.15) is 61.3 Å². The number of rotatable bonds is 21. The zero-order valence-corrected chi connectivity index (χ0v) is 38.2. The number of carbonyl (C=O) groups is 2. The van der Waals surface area contributed by atoms with Gasteiger partial charge in [-0.05, 0) is 30.0 Å². The van der Waals surface area contributed by atoms with Gasteiger partial charge in [0, 0.05) is 36.4 Å². The summed E-state index contributed by atoms with van der Waals surface area (Å²) >= 11 is 0. The van der Waals surface area contributed by atoms with Gasteiger partial charge in [-0.25, -0.2) is 33.7 Å². The van der Waals surface area contributed by atoms with Crippen LogP contribution >= 0.6 is 15.6 Å². The van der Waals surface area contributed by atoms with Crippen LogP contribution in [0.25, 0.3) is 21.6 Å². The molecule has 6 heterocycles. The van der Waals surface area contributed by atoms with Gasteiger partial charge in [-0.15, -0.1) is 0 Å². The lowest BCUT2D eigenvalue weighted by molar-refractivity contribution is -0.181. The Hall–Kier alpha value is -5.68. The number of carbonyl (C=O) groups excluding carboxylic acids is 2. The van der Waals surface area contributed by atoms with Gasteiger partial charge >= 0.3 is 33.4 Å². The molecule has 3 aliphatic rings. The number of fused-ring (bicyclic) bond motifs is 1. The van der Waals surface area contributed by atoms with Crippen LogP contribution in [-0.2, 0) is 62.5 Å². The Bertz CT molecular complexity index is 2650. The summed E-state index contributed by atoms with van der Waals surface area (Å²) in [6.07, 6.45) is -9.36. The van der Waals surface area contributed by atoms with E-state index in [4.69, 9.17) is 54.5 Å². The van der Waals surface area contributed by atoms with Crippen molar-refractivity contribution in [1.82, 2.24) is 34.0 Å². The highest BCUT2D eigenvalue weighted by Gasteiger charge is 2.54. The molecule has 3 saturated heterocycles. The fourth-order valence-corrected chi connectivity index (χ4v) is 8.77. The molecule has 374 valence electrons. The maximum absolute atomic E-state index is 14.0. The van der Waals surface area contributed by atoms with Crippen molar-refractivity contribution in [3.63, 3.8) is 0 Å². The van der Waals surface area contributed by atoms with E-state index >= 15 is 0 Å². The van der Waals surface area contributed by atoms with Crippen molar-refractivity contribution < 1.29 is 80.5 Å². The van der Waals surface area contributed by atoms with Crippen molar-refractivity contribution in [2.45, 2.75) is 94.6 Å². The number of nitrogen functional groups attached to an aromatic ring is 2. The lowest BCUT2D eigenvalue weighted by atomic mass is 10.1. The molecular weight excluding hydrogens is 962 g/mol. The van der Waals surface area contributed by atoms with Crippen molar-refractivity contribution in [1.29, 1.82) is 0 Å². The molecule has 0 saturated carbocycles. The molecule has 10 atom stereocenters. The first kappa shape index (κ1) is 51.2. The van der Waals surface area contributed by atoms with Crippen LogP contribution in [0.2, 0.25) is 0 Å². The lowest BCUT2D eigenvalue weighted by Gasteiger charge is -2.29. The fourth-order valence-electron chi connectivity index (χ4n) is 7.47. The number of esters is 1. The van der Waals surface area contributed by atoms with Crippen LogP contribution in [0.5, 0.6) is 0 Å². The molecule has 7 rings (SSSR count). The van der Waals surface area contributed by atoms with E-state index in [0.29, 0.717) is 36.9 Å². The Morgan fingerprint density at radius 1 is 1.00 bits per heavy atom. The molecule has 1 amide bonds. The summed E-state index contributed by atoms with van der Waals surface area (Å²) in [5, 5.41) is 15.2. The highest BCUT2D eigenvalue weighted by Crippen LogP contribution is 2.51. The zero-order valence-electron chi connectivity index (χ0n) is 36.4. The standard InChI is InChI=1S/C37H48N12O18P2/c1-2-3-11-47(37(53)60-15-20-6-8-21(9-7-20)45-46-40)14-25(50)65-29-22(63-34(28(29)51)49-19-43-27-32(39)41-18-42-33(27)49)17-62-69(57,58)67-30-23(16-61-68(54,55)56)64-35(31(30)66-26-5-4-13-59-26)48-12-10-24(38)44-36(48)52/h6-10,12,18-19,22-23,26,28-31,34-35,51H,2-5,11,13-17H2,1H3,(H,57,58)(H2,38,44,52)(H2,39,41,42)(H2,54,55,56)/t22-,23-,26?,28-,29-,30-,31-,34-,35-/m1/s1. The van der Waals surface area contributed by atoms with Gasteiger partial charge in [-0.3, -0.25) is 32.4 Å². The van der Waals surface area contributed by atoms with Gasteiger partial charge in [0.05, 0.1) is 19.5 Å². The smallest absolute Gasteiger partial charge is 0.455 e. The summed E-state index contributed by atoms with van der Waals surface area (Å²) in [7, 11) is -10.6. The minimum Gasteiger partial charge on any atom is -0.455 e. The van der Waals surface area contributed by atoms with Crippen LogP contribution in [0.1, 0.15) is 50.6 Å². The molecule has 69 heavy (non-hydrogen) atoms. The molecule has 3 fully saturated rings. The number of hydrogen-bond acceptors (Lipinski definition) is 22. The maximum Gasteiger partial charge on any atom is 0.472 e. The van der Waals surface area contributed by atoms with E-state index in [1.165, 1.54) is 35.3 Å². The van der Waals surface area contributed by atoms with Crippen LogP contribution in [0, 0.1) is 0 Å². The Morgan fingerprint density at radius 3 is 2.43 bits per heavy atom. The van der Waals surface area contributed by atoms with Gasteiger partial charge in [0.2, 0.25) is 0 Å². The van der Waals surface area contributed by atoms with E-state index in [0.717, 1.165) is 15.8 Å². The largest absolute Gasteiger partial charge is 0.472 e. The third-order valence-electron chi connectivity index (χ3n) is 10.7. The quantitative estimate of drug-likeness (QED) is 0.0228. The number of ether oxygens (including phenoxy) is 6. The topological polar surface area (TPSA) is 415 Å². The number of hydrogen-bond donors (Lipinski definition) is 6. The number of phosphoric acid groups is 2. The van der Waals surface area contributed by atoms with Crippen LogP contribution < -0.4 is 17.2 Å². The van der Waals surface area contributed by atoms with Crippen LogP contribution in [-0.4, -0.2) is 142 Å². The Balaban J connectivity index is 1.11. The molecule has 0 bridgehead atoms. The molecule has 0 radical (unpaired) electrons. The monoisotopic (exact) mass is 1010 g/mol. The minimum atomic E-state index is -5.43. The Labute approximate surface area is 389 Å². The number of benzene rings is 1. The Morgan fingerprint density at radius 2 is 1.74 bits per heavy atom. The number of aromatic nitrogens is 6. The molecule has 0 aliphatic carbocycles. The summed E-state index contributed by atoms with van der Waals surface area (Å²) < 4.78 is 78.6. The molecule has 8 N–H and O–H groups in total. The van der Waals surface area contributed by atoms with Gasteiger partial charge in [0.15, 0.2) is 36.3 Å². The second-order valence-corrected chi connectivity index (χ2v) is 18.2. The zero-order chi connectivity index (χ0) is 49.5. The molecule has 3 aromatic heterocycles. The van der Waals surface area contributed by atoms with Crippen molar-refractivity contribution in [3.8, 4) is 0 Å². The van der Waals surface area contributed by atoms with Crippen LogP contribution in [0.3, 0.4) is 0 Å². The first-order valence-corrected chi connectivity index (χ1v) is 24.1. The molecular formula is C37H48N12O18P2. The third-order valence-corrected chi connectivity index (χ3v) is 12.2. The number of phosphoric ester groups is 2. The van der Waals surface area contributed by atoms with E-state index in [2.05, 4.69) is 34.5 Å². The maximum atomic E-state index is 14.0. The average molecular weight is 1010 g/mol. The number of unbranched alkanes of at least 4 members (excludes halogenated alkanes) is 1. The number of azide groups is 1. The van der Waals surface area contributed by atoms with Crippen molar-refractivity contribution in [2.75, 3.05) is 44.4 Å². The van der Waals surface area contributed by atoms with Crippen molar-refractivity contribution in [2.24, 2.45) is 5.11 Å². The third kappa shape index (κ3) is 13.0. The predicted octanol–water partition coefficient (Wildman–Crippen LogP) is 1.83. The summed E-state index contributed by atoms with van der Waals surface area (Å²) in [4.78, 5) is 90.2. The van der Waals surface area contributed by atoms with E-state index in [1.807, 2.05) is 6.92 Å². The predicted molar refractivity (Wildman–Crippen MR) is 231 cm³/mol.